The van der Waals surface area contributed by atoms with Gasteiger partial charge in [-0.1, -0.05) is 46.3 Å². The lowest BCUT2D eigenvalue weighted by molar-refractivity contribution is 0.159. The summed E-state index contributed by atoms with van der Waals surface area (Å²) >= 11 is 3.55. The van der Waals surface area contributed by atoms with Gasteiger partial charge in [0.15, 0.2) is 0 Å². The van der Waals surface area contributed by atoms with E-state index in [1.807, 2.05) is 0 Å². The van der Waals surface area contributed by atoms with Crippen molar-refractivity contribution in [3.8, 4) is 5.69 Å². The summed E-state index contributed by atoms with van der Waals surface area (Å²) in [6.45, 7) is 0. The Morgan fingerprint density at radius 2 is 1.82 bits per heavy atom. The lowest BCUT2D eigenvalue weighted by Crippen LogP contribution is -2.11. The predicted molar refractivity (Wildman–Crippen MR) is 117 cm³/mol. The highest BCUT2D eigenvalue weighted by Crippen LogP contribution is 2.45. The van der Waals surface area contributed by atoms with Gasteiger partial charge in [-0.2, -0.15) is 0 Å². The van der Waals surface area contributed by atoms with Crippen LogP contribution in [-0.4, -0.2) is 4.57 Å². The minimum Gasteiger partial charge on any atom is -0.481 e. The van der Waals surface area contributed by atoms with Gasteiger partial charge in [0.2, 0.25) is 0 Å². The molecule has 0 N–H and O–H groups in total. The van der Waals surface area contributed by atoms with E-state index in [0.717, 1.165) is 28.8 Å². The highest BCUT2D eigenvalue weighted by Gasteiger charge is 2.30. The summed E-state index contributed by atoms with van der Waals surface area (Å²) in [5.41, 5.74) is 7.44. The van der Waals surface area contributed by atoms with Crippen LogP contribution in [0.2, 0.25) is 0 Å². The van der Waals surface area contributed by atoms with Gasteiger partial charge < -0.3 is 9.30 Å². The number of hydrogen-bond donors (Lipinski definition) is 0. The van der Waals surface area contributed by atoms with E-state index in [0.29, 0.717) is 0 Å². The molecule has 2 aromatic carbocycles. The summed E-state index contributed by atoms with van der Waals surface area (Å²) in [6.07, 6.45) is 13.2. The van der Waals surface area contributed by atoms with Crippen molar-refractivity contribution in [1.29, 1.82) is 0 Å². The first-order valence-corrected chi connectivity index (χ1v) is 10.4. The van der Waals surface area contributed by atoms with E-state index in [1.165, 1.54) is 33.3 Å². The third-order valence-electron chi connectivity index (χ3n) is 5.80. The number of benzene rings is 2. The van der Waals surface area contributed by atoms with E-state index in [2.05, 4.69) is 99.4 Å². The number of halogens is 1. The maximum absolute atomic E-state index is 6.50. The molecule has 0 amide bonds. The number of rotatable bonds is 1. The first-order chi connectivity index (χ1) is 13.8. The van der Waals surface area contributed by atoms with Gasteiger partial charge in [0.05, 0.1) is 11.2 Å². The highest BCUT2D eigenvalue weighted by atomic mass is 79.9. The monoisotopic (exact) mass is 427 g/mol. The van der Waals surface area contributed by atoms with E-state index in [9.17, 15) is 0 Å². The summed E-state index contributed by atoms with van der Waals surface area (Å²) < 4.78 is 9.93. The largest absolute Gasteiger partial charge is 0.481 e. The van der Waals surface area contributed by atoms with Crippen molar-refractivity contribution in [3.05, 3.63) is 105 Å². The second kappa shape index (κ2) is 6.11. The quantitative estimate of drug-likeness (QED) is 0.406. The third-order valence-corrected chi connectivity index (χ3v) is 6.33. The van der Waals surface area contributed by atoms with Crippen molar-refractivity contribution in [2.45, 2.75) is 18.9 Å². The van der Waals surface area contributed by atoms with Crippen LogP contribution < -0.4 is 0 Å². The number of ether oxygens (including phenoxy) is 1. The second-order valence-electron chi connectivity index (χ2n) is 7.41. The maximum atomic E-state index is 6.50. The molecule has 6 rings (SSSR count). The van der Waals surface area contributed by atoms with Gasteiger partial charge in [-0.15, -0.1) is 0 Å². The summed E-state index contributed by atoms with van der Waals surface area (Å²) in [4.78, 5) is 0. The van der Waals surface area contributed by atoms with Crippen molar-refractivity contribution in [1.82, 2.24) is 4.57 Å². The van der Waals surface area contributed by atoms with Crippen LogP contribution in [0.15, 0.2) is 94.2 Å². The van der Waals surface area contributed by atoms with E-state index in [-0.39, 0.29) is 6.10 Å². The molecule has 0 spiro atoms. The van der Waals surface area contributed by atoms with Crippen LogP contribution in [0.3, 0.4) is 0 Å². The molecule has 0 radical (unpaired) electrons. The molecule has 3 aromatic rings. The third kappa shape index (κ3) is 2.33. The van der Waals surface area contributed by atoms with Gasteiger partial charge in [-0.05, 0) is 67.0 Å². The Kier molecular flexibility index (Phi) is 3.54. The molecule has 0 fully saturated rings. The van der Waals surface area contributed by atoms with E-state index in [1.54, 1.807) is 0 Å². The van der Waals surface area contributed by atoms with Gasteiger partial charge in [0.25, 0.3) is 0 Å². The molecule has 1 aliphatic heterocycles. The van der Waals surface area contributed by atoms with Gasteiger partial charge in [-0.3, -0.25) is 0 Å². The lowest BCUT2D eigenvalue weighted by Gasteiger charge is -2.27. The van der Waals surface area contributed by atoms with Crippen molar-refractivity contribution in [2.75, 3.05) is 0 Å². The van der Waals surface area contributed by atoms with E-state index >= 15 is 0 Å². The normalized spacial score (nSPS) is 19.8. The lowest BCUT2D eigenvalue weighted by atomic mass is 9.92. The average Bonchev–Trinajstić information content (AvgIpc) is 2.98. The van der Waals surface area contributed by atoms with Crippen LogP contribution in [0.5, 0.6) is 0 Å². The van der Waals surface area contributed by atoms with Crippen LogP contribution in [0.4, 0.5) is 0 Å². The molecular formula is C25H18BrNO. The van der Waals surface area contributed by atoms with Crippen molar-refractivity contribution in [2.24, 2.45) is 0 Å². The molecule has 136 valence electrons. The summed E-state index contributed by atoms with van der Waals surface area (Å²) in [5, 5.41) is 1.25. The molecule has 0 saturated carbocycles. The Hall–Kier alpha value is -2.78. The predicted octanol–water partition coefficient (Wildman–Crippen LogP) is 7.02. The summed E-state index contributed by atoms with van der Waals surface area (Å²) in [5.74, 6) is 1.03. The summed E-state index contributed by atoms with van der Waals surface area (Å²) in [7, 11) is 0. The number of fused-ring (bicyclic) bond motifs is 6. The van der Waals surface area contributed by atoms with Crippen molar-refractivity contribution < 1.29 is 4.74 Å². The molecule has 2 nitrogen and oxygen atoms in total. The summed E-state index contributed by atoms with van der Waals surface area (Å²) in [6, 6.07) is 17.1. The molecule has 3 heteroatoms. The first kappa shape index (κ1) is 16.2. The molecule has 2 heterocycles. The molecule has 2 bridgehead atoms. The van der Waals surface area contributed by atoms with Gasteiger partial charge >= 0.3 is 0 Å². The van der Waals surface area contributed by atoms with E-state index in [4.69, 9.17) is 4.74 Å². The minimum atomic E-state index is -0.0666. The Morgan fingerprint density at radius 1 is 0.964 bits per heavy atom. The van der Waals surface area contributed by atoms with Crippen molar-refractivity contribution in [3.63, 3.8) is 0 Å². The molecule has 3 aliphatic rings. The molecule has 28 heavy (non-hydrogen) atoms. The zero-order valence-electron chi connectivity index (χ0n) is 15.2. The van der Waals surface area contributed by atoms with Crippen molar-refractivity contribution >= 4 is 32.9 Å². The second-order valence-corrected chi connectivity index (χ2v) is 8.32. The molecule has 1 atom stereocenters. The fraction of sp³-hybridized carbons (Fsp3) is 0.120. The molecule has 1 unspecified atom stereocenters. The van der Waals surface area contributed by atoms with Gasteiger partial charge in [0.1, 0.15) is 11.9 Å². The fourth-order valence-corrected chi connectivity index (χ4v) is 4.82. The van der Waals surface area contributed by atoms with Gasteiger partial charge in [-0.25, -0.2) is 0 Å². The number of aromatic nitrogens is 1. The SMILES string of the molecule is Brc1ccc(-n2c3c(c4ccccc42)C2C=C(C=C3)C3=C(C=CCC3)O2)cc1. The Labute approximate surface area is 172 Å². The van der Waals surface area contributed by atoms with Gasteiger partial charge in [0, 0.05) is 26.7 Å². The molecular weight excluding hydrogens is 410 g/mol. The zero-order chi connectivity index (χ0) is 18.7. The molecule has 2 aliphatic carbocycles. The van der Waals surface area contributed by atoms with Crippen LogP contribution >= 0.6 is 15.9 Å². The van der Waals surface area contributed by atoms with Crippen LogP contribution in [0, 0.1) is 0 Å². The van der Waals surface area contributed by atoms with Crippen LogP contribution in [-0.2, 0) is 4.74 Å². The molecule has 0 saturated heterocycles. The topological polar surface area (TPSA) is 14.2 Å². The minimum absolute atomic E-state index is 0.0666. The Balaban J connectivity index is 1.62. The number of nitrogens with zero attached hydrogens (tertiary/aromatic N) is 1. The average molecular weight is 428 g/mol. The van der Waals surface area contributed by atoms with E-state index < -0.39 is 0 Å². The number of para-hydroxylation sites is 1. The highest BCUT2D eigenvalue weighted by molar-refractivity contribution is 9.10. The van der Waals surface area contributed by atoms with Crippen LogP contribution in [0.1, 0.15) is 30.2 Å². The zero-order valence-corrected chi connectivity index (χ0v) is 16.8. The standard InChI is InChI=1S/C25H18BrNO/c26-17-10-12-18(13-11-17)27-21-7-3-1-6-20(21)25-22(27)14-9-16-15-24(25)28-23-8-4-2-5-19(16)23/h1,3-4,6-15,24H,2,5H2. The fourth-order valence-electron chi connectivity index (χ4n) is 4.56. The Bertz CT molecular complexity index is 1240. The number of allylic oxidation sites excluding steroid dienone is 5. The molecule has 1 aromatic heterocycles. The first-order valence-electron chi connectivity index (χ1n) is 9.65. The van der Waals surface area contributed by atoms with Crippen LogP contribution in [0.25, 0.3) is 22.7 Å². The number of hydrogen-bond acceptors (Lipinski definition) is 1. The smallest absolute Gasteiger partial charge is 0.146 e. The maximum Gasteiger partial charge on any atom is 0.146 e. The Morgan fingerprint density at radius 3 is 2.71 bits per heavy atom.